The number of ether oxygens (including phenoxy) is 1. The number of fused-ring (bicyclic) bond motifs is 1. The molecule has 2 heterocycles. The summed E-state index contributed by atoms with van der Waals surface area (Å²) in [5.74, 6) is 0.192. The maximum atomic E-state index is 11.1. The van der Waals surface area contributed by atoms with Gasteiger partial charge in [0.25, 0.3) is 0 Å². The van der Waals surface area contributed by atoms with Crippen molar-refractivity contribution in [3.63, 3.8) is 0 Å². The average molecular weight is 140 g/mol. The summed E-state index contributed by atoms with van der Waals surface area (Å²) in [7, 11) is 3.76. The van der Waals surface area contributed by atoms with E-state index in [0.29, 0.717) is 6.61 Å². The molecule has 0 radical (unpaired) electrons. The Labute approximate surface area is 60.0 Å². The van der Waals surface area contributed by atoms with Crippen molar-refractivity contribution in [1.82, 2.24) is 4.90 Å². The maximum absolute atomic E-state index is 11.1. The molecule has 3 nitrogen and oxygen atoms in total. The van der Waals surface area contributed by atoms with Gasteiger partial charge in [0.15, 0.2) is 5.78 Å². The van der Waals surface area contributed by atoms with Crippen molar-refractivity contribution in [3.05, 3.63) is 7.05 Å². The average Bonchev–Trinajstić information content (AvgIpc) is 2.40. The van der Waals surface area contributed by atoms with Crippen LogP contribution in [0.4, 0.5) is 0 Å². The van der Waals surface area contributed by atoms with E-state index < -0.39 is 0 Å². The van der Waals surface area contributed by atoms with Crippen molar-refractivity contribution < 1.29 is 9.53 Å². The molecule has 0 aromatic carbocycles. The Bertz CT molecular complexity index is 169. The minimum atomic E-state index is -0.0278. The molecule has 0 spiro atoms. The quantitative estimate of drug-likeness (QED) is 0.437. The summed E-state index contributed by atoms with van der Waals surface area (Å²) in [6.07, 6.45) is 1.10. The molecule has 2 unspecified atom stereocenters. The first-order valence-electron chi connectivity index (χ1n) is 3.50. The number of hydrogen-bond acceptors (Lipinski definition) is 3. The summed E-state index contributed by atoms with van der Waals surface area (Å²) >= 11 is 0. The zero-order chi connectivity index (χ0) is 7.14. The number of carbonyl (C=O) groups is 1. The predicted molar refractivity (Wildman–Crippen MR) is 35.2 cm³/mol. The van der Waals surface area contributed by atoms with Gasteiger partial charge in [-0.1, -0.05) is 0 Å². The Balaban J connectivity index is 2.19. The first kappa shape index (κ1) is 6.31. The Morgan fingerprint density at radius 3 is 3.20 bits per heavy atom. The number of carbonyl (C=O) groups excluding carboxylic acids is 1. The number of rotatable bonds is 0. The number of Topliss-reactive ketones (excluding diaryl/α,β-unsaturated/α-hetero) is 1. The smallest absolute Gasteiger partial charge is 0.175 e. The van der Waals surface area contributed by atoms with Crippen LogP contribution in [0.2, 0.25) is 0 Å². The van der Waals surface area contributed by atoms with Crippen LogP contribution in [0.3, 0.4) is 0 Å². The van der Waals surface area contributed by atoms with Gasteiger partial charge in [-0.3, -0.25) is 11.8 Å². The van der Waals surface area contributed by atoms with Crippen LogP contribution in [-0.4, -0.2) is 36.0 Å². The van der Waals surface area contributed by atoms with Crippen LogP contribution in [0.1, 0.15) is 6.42 Å². The van der Waals surface area contributed by atoms with Gasteiger partial charge in [-0.25, -0.2) is 0 Å². The highest BCUT2D eigenvalue weighted by Gasteiger charge is 2.39. The van der Waals surface area contributed by atoms with Crippen LogP contribution in [0, 0.1) is 7.05 Å². The maximum Gasteiger partial charge on any atom is 0.175 e. The lowest BCUT2D eigenvalue weighted by Gasteiger charge is -2.22. The zero-order valence-electron chi connectivity index (χ0n) is 5.75. The number of ketones is 1. The summed E-state index contributed by atoms with van der Waals surface area (Å²) in [4.78, 5) is 12.9. The molecule has 3 heteroatoms. The van der Waals surface area contributed by atoms with Crippen molar-refractivity contribution >= 4 is 5.78 Å². The molecule has 2 rings (SSSR count). The second-order valence-corrected chi connectivity index (χ2v) is 2.86. The van der Waals surface area contributed by atoms with Gasteiger partial charge in [-0.15, -0.1) is 0 Å². The van der Waals surface area contributed by atoms with Crippen molar-refractivity contribution in [3.8, 4) is 0 Å². The minimum Gasteiger partial charge on any atom is -0.448 e. The lowest BCUT2D eigenvalue weighted by Crippen LogP contribution is -2.33. The number of likely N-dealkylation sites (tertiary alicyclic amines) is 1. The van der Waals surface area contributed by atoms with Gasteiger partial charge >= 0.3 is 0 Å². The fourth-order valence-corrected chi connectivity index (χ4v) is 1.69. The topological polar surface area (TPSA) is 29.5 Å². The van der Waals surface area contributed by atoms with Crippen LogP contribution < -0.4 is 0 Å². The molecule has 2 atom stereocenters. The molecule has 10 heavy (non-hydrogen) atoms. The van der Waals surface area contributed by atoms with Gasteiger partial charge in [0.2, 0.25) is 0 Å². The standard InChI is InChI=1S/C7H10NO2/c1-8-3-2-6-7(8)5(9)4-10-6/h6-7H,1-4H2/q-1. The molecule has 0 saturated carbocycles. The molecular weight excluding hydrogens is 130 g/mol. The van der Waals surface area contributed by atoms with E-state index in [1.807, 2.05) is 4.90 Å². The monoisotopic (exact) mass is 140 g/mol. The lowest BCUT2D eigenvalue weighted by atomic mass is 10.1. The zero-order valence-corrected chi connectivity index (χ0v) is 5.75. The predicted octanol–water partition coefficient (Wildman–Crippen LogP) is -0.180. The molecule has 2 aliphatic rings. The molecule has 0 aromatic heterocycles. The van der Waals surface area contributed by atoms with E-state index >= 15 is 0 Å². The van der Waals surface area contributed by atoms with Gasteiger partial charge in [0, 0.05) is 0 Å². The highest BCUT2D eigenvalue weighted by Crippen LogP contribution is 2.25. The summed E-state index contributed by atoms with van der Waals surface area (Å²) in [6.45, 7) is 1.18. The van der Waals surface area contributed by atoms with Crippen LogP contribution >= 0.6 is 0 Å². The molecule has 2 saturated heterocycles. The first-order chi connectivity index (χ1) is 4.79. The molecule has 56 valence electrons. The minimum absolute atomic E-state index is 0.0278. The summed E-state index contributed by atoms with van der Waals surface area (Å²) in [6, 6.07) is -0.0278. The van der Waals surface area contributed by atoms with E-state index in [0.717, 1.165) is 13.0 Å². The van der Waals surface area contributed by atoms with Crippen molar-refractivity contribution in [2.45, 2.75) is 18.6 Å². The van der Waals surface area contributed by atoms with E-state index in [9.17, 15) is 4.79 Å². The number of hydrogen-bond donors (Lipinski definition) is 0. The Kier molecular flexibility index (Phi) is 1.28. The molecule has 0 amide bonds. The third-order valence-corrected chi connectivity index (χ3v) is 2.22. The van der Waals surface area contributed by atoms with Gasteiger partial charge in [-0.05, 0) is 13.0 Å². The molecule has 0 aliphatic carbocycles. The largest absolute Gasteiger partial charge is 0.448 e. The highest BCUT2D eigenvalue weighted by molar-refractivity contribution is 5.88. The molecule has 0 N–H and O–H groups in total. The molecule has 2 aliphatic heterocycles. The Morgan fingerprint density at radius 2 is 2.50 bits per heavy atom. The summed E-state index contributed by atoms with van der Waals surface area (Å²) in [5, 5.41) is 0. The van der Waals surface area contributed by atoms with Crippen molar-refractivity contribution in [2.75, 3.05) is 13.2 Å². The molecule has 2 fully saturated rings. The molecular formula is C7H10NO2-. The van der Waals surface area contributed by atoms with Crippen molar-refractivity contribution in [1.29, 1.82) is 0 Å². The Morgan fingerprint density at radius 1 is 1.70 bits per heavy atom. The van der Waals surface area contributed by atoms with Gasteiger partial charge < -0.3 is 9.64 Å². The second kappa shape index (κ2) is 2.04. The van der Waals surface area contributed by atoms with E-state index in [-0.39, 0.29) is 17.9 Å². The van der Waals surface area contributed by atoms with E-state index in [2.05, 4.69) is 7.05 Å². The third kappa shape index (κ3) is 0.707. The second-order valence-electron chi connectivity index (χ2n) is 2.86. The summed E-state index contributed by atoms with van der Waals surface area (Å²) < 4.78 is 5.23. The SMILES string of the molecule is [CH2-]N1CCC2OCC(=O)C21. The highest BCUT2D eigenvalue weighted by atomic mass is 16.5. The van der Waals surface area contributed by atoms with Crippen LogP contribution in [-0.2, 0) is 9.53 Å². The fraction of sp³-hybridized carbons (Fsp3) is 0.714. The van der Waals surface area contributed by atoms with Crippen LogP contribution in [0.5, 0.6) is 0 Å². The lowest BCUT2D eigenvalue weighted by molar-refractivity contribution is -0.120. The fourth-order valence-electron chi connectivity index (χ4n) is 1.69. The van der Waals surface area contributed by atoms with Gasteiger partial charge in [-0.2, -0.15) is 0 Å². The van der Waals surface area contributed by atoms with E-state index in [4.69, 9.17) is 4.74 Å². The van der Waals surface area contributed by atoms with Crippen molar-refractivity contribution in [2.24, 2.45) is 0 Å². The third-order valence-electron chi connectivity index (χ3n) is 2.22. The number of nitrogens with zero attached hydrogens (tertiary/aromatic N) is 1. The van der Waals surface area contributed by atoms with E-state index in [1.54, 1.807) is 0 Å². The first-order valence-corrected chi connectivity index (χ1v) is 3.50. The van der Waals surface area contributed by atoms with Gasteiger partial charge in [0.1, 0.15) is 6.61 Å². The van der Waals surface area contributed by atoms with Crippen LogP contribution in [0.15, 0.2) is 0 Å². The van der Waals surface area contributed by atoms with Crippen LogP contribution in [0.25, 0.3) is 0 Å². The van der Waals surface area contributed by atoms with Gasteiger partial charge in [0.05, 0.1) is 12.1 Å². The summed E-state index contributed by atoms with van der Waals surface area (Å²) in [5.41, 5.74) is 0. The normalized spacial score (nSPS) is 40.7. The molecule has 0 aromatic rings. The molecule has 0 bridgehead atoms. The van der Waals surface area contributed by atoms with E-state index in [1.165, 1.54) is 0 Å². The Hall–Kier alpha value is -0.410.